The van der Waals surface area contributed by atoms with E-state index in [2.05, 4.69) is 10.3 Å². The van der Waals surface area contributed by atoms with Gasteiger partial charge in [0.05, 0.1) is 17.1 Å². The highest BCUT2D eigenvalue weighted by Crippen LogP contribution is 2.16. The van der Waals surface area contributed by atoms with Crippen LogP contribution < -0.4 is 5.32 Å². The standard InChI is InChI=1S/C11H14N2O4S/c14-11(15)8-3-4-12-10(6-8)13-9-2-1-5-18(16,17)7-9/h3-4,6,9H,1-2,5,7H2,(H,12,13)(H,14,15). The Morgan fingerprint density at radius 3 is 2.94 bits per heavy atom. The van der Waals surface area contributed by atoms with E-state index in [0.717, 1.165) is 6.42 Å². The van der Waals surface area contributed by atoms with Crippen molar-refractivity contribution in [2.75, 3.05) is 16.8 Å². The minimum atomic E-state index is -2.99. The lowest BCUT2D eigenvalue weighted by Gasteiger charge is -2.23. The average molecular weight is 270 g/mol. The highest BCUT2D eigenvalue weighted by atomic mass is 32.2. The fourth-order valence-electron chi connectivity index (χ4n) is 1.99. The van der Waals surface area contributed by atoms with Crippen LogP contribution in [0.5, 0.6) is 0 Å². The van der Waals surface area contributed by atoms with Gasteiger partial charge in [0.25, 0.3) is 0 Å². The van der Waals surface area contributed by atoms with Crippen LogP contribution in [-0.2, 0) is 9.84 Å². The van der Waals surface area contributed by atoms with Gasteiger partial charge < -0.3 is 10.4 Å². The number of sulfone groups is 1. The Hall–Kier alpha value is -1.63. The lowest BCUT2D eigenvalue weighted by molar-refractivity contribution is 0.0697. The van der Waals surface area contributed by atoms with Gasteiger partial charge in [-0.05, 0) is 25.0 Å². The lowest BCUT2D eigenvalue weighted by atomic mass is 10.2. The van der Waals surface area contributed by atoms with Crippen LogP contribution in [0.3, 0.4) is 0 Å². The van der Waals surface area contributed by atoms with Gasteiger partial charge in [-0.25, -0.2) is 18.2 Å². The smallest absolute Gasteiger partial charge is 0.335 e. The quantitative estimate of drug-likeness (QED) is 0.842. The fraction of sp³-hybridized carbons (Fsp3) is 0.455. The maximum Gasteiger partial charge on any atom is 0.335 e. The third-order valence-electron chi connectivity index (χ3n) is 2.82. The van der Waals surface area contributed by atoms with Crippen molar-refractivity contribution in [1.29, 1.82) is 0 Å². The first kappa shape index (κ1) is 12.8. The number of pyridine rings is 1. The molecule has 1 aliphatic heterocycles. The van der Waals surface area contributed by atoms with Crippen molar-refractivity contribution < 1.29 is 18.3 Å². The van der Waals surface area contributed by atoms with Gasteiger partial charge in [0.15, 0.2) is 9.84 Å². The number of nitrogens with zero attached hydrogens (tertiary/aromatic N) is 1. The third-order valence-corrected chi connectivity index (χ3v) is 4.64. The second-order valence-corrected chi connectivity index (χ2v) is 6.56. The molecule has 1 aliphatic rings. The summed E-state index contributed by atoms with van der Waals surface area (Å²) in [7, 11) is -2.99. The minimum Gasteiger partial charge on any atom is -0.478 e. The molecular weight excluding hydrogens is 256 g/mol. The van der Waals surface area contributed by atoms with Gasteiger partial charge in [-0.2, -0.15) is 0 Å². The first-order chi connectivity index (χ1) is 8.46. The molecule has 0 radical (unpaired) electrons. The van der Waals surface area contributed by atoms with Crippen LogP contribution in [0.4, 0.5) is 5.82 Å². The highest BCUT2D eigenvalue weighted by Gasteiger charge is 2.24. The van der Waals surface area contributed by atoms with Gasteiger partial charge in [0, 0.05) is 12.2 Å². The zero-order valence-electron chi connectivity index (χ0n) is 9.67. The monoisotopic (exact) mass is 270 g/mol. The summed E-state index contributed by atoms with van der Waals surface area (Å²) >= 11 is 0. The number of carboxylic acids is 1. The summed E-state index contributed by atoms with van der Waals surface area (Å²) in [6, 6.07) is 2.61. The van der Waals surface area contributed by atoms with E-state index in [-0.39, 0.29) is 23.1 Å². The van der Waals surface area contributed by atoms with E-state index in [1.54, 1.807) is 0 Å². The molecule has 0 aromatic carbocycles. The molecular formula is C11H14N2O4S. The lowest BCUT2D eigenvalue weighted by Crippen LogP contribution is -2.35. The average Bonchev–Trinajstić information content (AvgIpc) is 2.28. The molecule has 0 saturated carbocycles. The number of hydrogen-bond donors (Lipinski definition) is 2. The predicted octanol–water partition coefficient (Wildman–Crippen LogP) is 0.769. The molecule has 2 rings (SSSR count). The van der Waals surface area contributed by atoms with E-state index in [0.29, 0.717) is 12.2 Å². The molecule has 1 aromatic rings. The van der Waals surface area contributed by atoms with Crippen LogP contribution in [0, 0.1) is 0 Å². The number of aromatic nitrogens is 1. The van der Waals surface area contributed by atoms with Crippen LogP contribution in [-0.4, -0.2) is 42.0 Å². The van der Waals surface area contributed by atoms with E-state index in [1.165, 1.54) is 18.3 Å². The predicted molar refractivity (Wildman–Crippen MR) is 66.5 cm³/mol. The topological polar surface area (TPSA) is 96.4 Å². The van der Waals surface area contributed by atoms with Crippen molar-refractivity contribution in [2.45, 2.75) is 18.9 Å². The molecule has 0 aliphatic carbocycles. The molecule has 1 aromatic heterocycles. The maximum absolute atomic E-state index is 11.5. The van der Waals surface area contributed by atoms with Gasteiger partial charge in [0.1, 0.15) is 5.82 Å². The van der Waals surface area contributed by atoms with E-state index in [9.17, 15) is 13.2 Å². The summed E-state index contributed by atoms with van der Waals surface area (Å²) in [5, 5.41) is 11.8. The summed E-state index contributed by atoms with van der Waals surface area (Å²) in [5.41, 5.74) is 0.131. The zero-order valence-corrected chi connectivity index (χ0v) is 10.5. The molecule has 18 heavy (non-hydrogen) atoms. The molecule has 1 fully saturated rings. The van der Waals surface area contributed by atoms with Crippen molar-refractivity contribution in [1.82, 2.24) is 4.98 Å². The Bertz CT molecular complexity index is 556. The van der Waals surface area contributed by atoms with E-state index >= 15 is 0 Å². The molecule has 6 nitrogen and oxygen atoms in total. The van der Waals surface area contributed by atoms with E-state index < -0.39 is 15.8 Å². The van der Waals surface area contributed by atoms with E-state index in [1.807, 2.05) is 0 Å². The SMILES string of the molecule is O=C(O)c1ccnc(NC2CCCS(=O)(=O)C2)c1. The summed E-state index contributed by atoms with van der Waals surface area (Å²) in [6.45, 7) is 0. The Morgan fingerprint density at radius 1 is 1.50 bits per heavy atom. The number of nitrogens with one attached hydrogen (secondary N) is 1. The highest BCUT2D eigenvalue weighted by molar-refractivity contribution is 7.91. The number of rotatable bonds is 3. The first-order valence-corrected chi connectivity index (χ1v) is 7.45. The van der Waals surface area contributed by atoms with E-state index in [4.69, 9.17) is 5.11 Å². The second kappa shape index (κ2) is 4.93. The van der Waals surface area contributed by atoms with Crippen LogP contribution in [0.15, 0.2) is 18.3 Å². The Balaban J connectivity index is 2.09. The number of aromatic carboxylic acids is 1. The molecule has 1 unspecified atom stereocenters. The maximum atomic E-state index is 11.5. The first-order valence-electron chi connectivity index (χ1n) is 5.62. The van der Waals surface area contributed by atoms with Crippen molar-refractivity contribution >= 4 is 21.6 Å². The molecule has 0 bridgehead atoms. The molecule has 0 spiro atoms. The summed E-state index contributed by atoms with van der Waals surface area (Å²) < 4.78 is 22.9. The van der Waals surface area contributed by atoms with Crippen LogP contribution in [0.1, 0.15) is 23.2 Å². The second-order valence-electron chi connectivity index (χ2n) is 4.33. The largest absolute Gasteiger partial charge is 0.478 e. The number of carbonyl (C=O) groups is 1. The van der Waals surface area contributed by atoms with Crippen LogP contribution in [0.25, 0.3) is 0 Å². The van der Waals surface area contributed by atoms with Gasteiger partial charge >= 0.3 is 5.97 Å². The third kappa shape index (κ3) is 3.19. The van der Waals surface area contributed by atoms with Crippen LogP contribution in [0.2, 0.25) is 0 Å². The number of carboxylic acid groups (broad SMARTS) is 1. The van der Waals surface area contributed by atoms with Gasteiger partial charge in [-0.1, -0.05) is 0 Å². The van der Waals surface area contributed by atoms with Gasteiger partial charge in [-0.3, -0.25) is 0 Å². The number of hydrogen-bond acceptors (Lipinski definition) is 5. The van der Waals surface area contributed by atoms with Crippen molar-refractivity contribution in [2.24, 2.45) is 0 Å². The molecule has 7 heteroatoms. The van der Waals surface area contributed by atoms with Crippen LogP contribution >= 0.6 is 0 Å². The van der Waals surface area contributed by atoms with Crippen molar-refractivity contribution in [3.05, 3.63) is 23.9 Å². The Kier molecular flexibility index (Phi) is 3.51. The number of anilines is 1. The molecule has 0 amide bonds. The molecule has 98 valence electrons. The van der Waals surface area contributed by atoms with Crippen molar-refractivity contribution in [3.8, 4) is 0 Å². The molecule has 1 atom stereocenters. The Morgan fingerprint density at radius 2 is 2.28 bits per heavy atom. The fourth-order valence-corrected chi connectivity index (χ4v) is 3.62. The molecule has 1 saturated heterocycles. The molecule has 2 heterocycles. The zero-order chi connectivity index (χ0) is 13.2. The van der Waals surface area contributed by atoms with Gasteiger partial charge in [-0.15, -0.1) is 0 Å². The minimum absolute atomic E-state index is 0.0754. The summed E-state index contributed by atoms with van der Waals surface area (Å²) in [6.07, 6.45) is 2.76. The summed E-state index contributed by atoms with van der Waals surface area (Å²) in [5.74, 6) is -0.326. The summed E-state index contributed by atoms with van der Waals surface area (Å²) in [4.78, 5) is 14.8. The molecule has 2 N–H and O–H groups in total. The van der Waals surface area contributed by atoms with Gasteiger partial charge in [0.2, 0.25) is 0 Å². The Labute approximate surface area is 105 Å². The van der Waals surface area contributed by atoms with Crippen molar-refractivity contribution in [3.63, 3.8) is 0 Å². The normalized spacial score (nSPS) is 22.3.